The second-order valence-electron chi connectivity index (χ2n) is 8.88. The standard InChI is InChI=1S/C23H21BrN6O2/c24-18-16(14-9-13-3-1-2-4-15(13)27-10-14)17-19(25)28-12-29-20(17)30(18)22-5-7-23(11-22,8-6-22)32-21(26)31/h1-4,9-10,12H,5-8,11H2,(H2,26,31)(H2,25,28,29). The van der Waals surface area contributed by atoms with Gasteiger partial charge in [0.05, 0.1) is 21.0 Å². The number of para-hydroxylation sites is 1. The number of nitrogens with two attached hydrogens (primary N) is 2. The number of anilines is 1. The summed E-state index contributed by atoms with van der Waals surface area (Å²) in [5.41, 5.74) is 14.6. The Morgan fingerprint density at radius 3 is 2.69 bits per heavy atom. The van der Waals surface area contributed by atoms with Gasteiger partial charge in [0.15, 0.2) is 0 Å². The molecule has 4 aromatic rings. The van der Waals surface area contributed by atoms with Gasteiger partial charge in [0.25, 0.3) is 0 Å². The summed E-state index contributed by atoms with van der Waals surface area (Å²) in [5, 5.41) is 1.84. The van der Waals surface area contributed by atoms with Gasteiger partial charge in [-0.15, -0.1) is 0 Å². The molecular weight excluding hydrogens is 472 g/mol. The molecule has 1 amide bonds. The SMILES string of the molecule is NC(=O)OC12CCC(n3c(Br)c(-c4cnc5ccccc5c4)c4c(N)ncnc43)(CC1)C2. The first-order valence-corrected chi connectivity index (χ1v) is 11.4. The fourth-order valence-corrected chi connectivity index (χ4v) is 6.76. The Hall–Kier alpha value is -3.20. The normalized spacial score (nSPS) is 24.4. The highest BCUT2D eigenvalue weighted by Gasteiger charge is 2.58. The topological polar surface area (TPSA) is 122 Å². The number of fused-ring (bicyclic) bond motifs is 4. The van der Waals surface area contributed by atoms with E-state index in [4.69, 9.17) is 16.2 Å². The number of hydrogen-bond acceptors (Lipinski definition) is 6. The number of primary amides is 1. The molecule has 162 valence electrons. The molecule has 9 heteroatoms. The second kappa shape index (κ2) is 6.65. The Kier molecular flexibility index (Phi) is 4.05. The van der Waals surface area contributed by atoms with E-state index in [2.05, 4.69) is 41.5 Å². The largest absolute Gasteiger partial charge is 0.443 e. The number of amides is 1. The van der Waals surface area contributed by atoms with E-state index >= 15 is 0 Å². The van der Waals surface area contributed by atoms with Gasteiger partial charge in [-0.25, -0.2) is 14.8 Å². The van der Waals surface area contributed by atoms with E-state index < -0.39 is 11.7 Å². The molecule has 32 heavy (non-hydrogen) atoms. The van der Waals surface area contributed by atoms with E-state index in [1.54, 1.807) is 0 Å². The third-order valence-electron chi connectivity index (χ3n) is 7.13. The van der Waals surface area contributed by atoms with Gasteiger partial charge in [-0.2, -0.15) is 0 Å². The number of carbonyl (C=O) groups is 1. The minimum atomic E-state index is -0.714. The Morgan fingerprint density at radius 1 is 1.12 bits per heavy atom. The molecule has 0 atom stereocenters. The molecular formula is C23H21BrN6O2. The van der Waals surface area contributed by atoms with Gasteiger partial charge in [0.1, 0.15) is 23.4 Å². The van der Waals surface area contributed by atoms with E-state index in [9.17, 15) is 4.79 Å². The molecule has 0 spiro atoms. The van der Waals surface area contributed by atoms with Crippen LogP contribution in [0.4, 0.5) is 10.6 Å². The fourth-order valence-electron chi connectivity index (χ4n) is 5.79. The van der Waals surface area contributed by atoms with Gasteiger partial charge in [0, 0.05) is 29.1 Å². The van der Waals surface area contributed by atoms with Crippen molar-refractivity contribution >= 4 is 49.8 Å². The first-order chi connectivity index (χ1) is 15.4. The van der Waals surface area contributed by atoms with Gasteiger partial charge in [-0.3, -0.25) is 4.98 Å². The molecule has 2 fully saturated rings. The number of pyridine rings is 1. The van der Waals surface area contributed by atoms with Crippen LogP contribution in [0.5, 0.6) is 0 Å². The number of carbonyl (C=O) groups excluding carboxylic acids is 1. The van der Waals surface area contributed by atoms with Crippen LogP contribution in [-0.2, 0) is 10.3 Å². The zero-order valence-electron chi connectivity index (χ0n) is 17.2. The zero-order chi connectivity index (χ0) is 22.1. The van der Waals surface area contributed by atoms with Gasteiger partial charge >= 0.3 is 6.09 Å². The first kappa shape index (κ1) is 19.5. The number of hydrogen-bond donors (Lipinski definition) is 2. The maximum absolute atomic E-state index is 11.5. The van der Waals surface area contributed by atoms with Crippen molar-refractivity contribution in [3.05, 3.63) is 47.5 Å². The van der Waals surface area contributed by atoms with Crippen molar-refractivity contribution in [2.75, 3.05) is 5.73 Å². The average molecular weight is 493 g/mol. The lowest BCUT2D eigenvalue weighted by Gasteiger charge is -2.30. The van der Waals surface area contributed by atoms with Gasteiger partial charge in [0.2, 0.25) is 0 Å². The number of aromatic nitrogens is 4. The average Bonchev–Trinajstić information content (AvgIpc) is 3.41. The summed E-state index contributed by atoms with van der Waals surface area (Å²) in [6, 6.07) is 10.1. The Balaban J connectivity index is 1.58. The van der Waals surface area contributed by atoms with E-state index in [0.29, 0.717) is 12.2 Å². The number of nitrogens with zero attached hydrogens (tertiary/aromatic N) is 4. The number of rotatable bonds is 3. The highest BCUT2D eigenvalue weighted by Crippen LogP contribution is 2.59. The zero-order valence-corrected chi connectivity index (χ0v) is 18.8. The third-order valence-corrected chi connectivity index (χ3v) is 7.89. The van der Waals surface area contributed by atoms with Crippen molar-refractivity contribution in [2.24, 2.45) is 5.73 Å². The van der Waals surface area contributed by atoms with Crippen LogP contribution < -0.4 is 11.5 Å². The lowest BCUT2D eigenvalue weighted by Crippen LogP contribution is -2.32. The quantitative estimate of drug-likeness (QED) is 0.434. The molecule has 2 bridgehead atoms. The molecule has 0 saturated heterocycles. The van der Waals surface area contributed by atoms with Crippen LogP contribution in [0.3, 0.4) is 0 Å². The highest BCUT2D eigenvalue weighted by molar-refractivity contribution is 9.10. The lowest BCUT2D eigenvalue weighted by molar-refractivity contribution is 0.0251. The van der Waals surface area contributed by atoms with Crippen LogP contribution in [0, 0.1) is 0 Å². The molecule has 0 radical (unpaired) electrons. The predicted molar refractivity (Wildman–Crippen MR) is 125 cm³/mol. The van der Waals surface area contributed by atoms with Crippen molar-refractivity contribution in [3.63, 3.8) is 0 Å². The van der Waals surface area contributed by atoms with Gasteiger partial charge < -0.3 is 20.8 Å². The van der Waals surface area contributed by atoms with E-state index in [1.165, 1.54) is 6.33 Å². The summed E-state index contributed by atoms with van der Waals surface area (Å²) >= 11 is 3.88. The highest BCUT2D eigenvalue weighted by atomic mass is 79.9. The molecule has 0 aliphatic heterocycles. The third kappa shape index (κ3) is 2.67. The van der Waals surface area contributed by atoms with Crippen molar-refractivity contribution in [2.45, 2.75) is 43.2 Å². The Morgan fingerprint density at radius 2 is 1.91 bits per heavy atom. The van der Waals surface area contributed by atoms with E-state index in [1.807, 2.05) is 30.5 Å². The Labute approximate surface area is 192 Å². The van der Waals surface area contributed by atoms with E-state index in [-0.39, 0.29) is 5.54 Å². The second-order valence-corrected chi connectivity index (χ2v) is 9.63. The van der Waals surface area contributed by atoms with Crippen molar-refractivity contribution in [3.8, 4) is 11.1 Å². The molecule has 2 aliphatic rings. The number of benzene rings is 1. The lowest BCUT2D eigenvalue weighted by atomic mass is 9.92. The van der Waals surface area contributed by atoms with Crippen LogP contribution in [0.1, 0.15) is 32.1 Å². The molecule has 2 saturated carbocycles. The van der Waals surface area contributed by atoms with Crippen molar-refractivity contribution in [1.29, 1.82) is 0 Å². The van der Waals surface area contributed by atoms with Crippen LogP contribution in [0.25, 0.3) is 33.1 Å². The molecule has 1 aromatic carbocycles. The van der Waals surface area contributed by atoms with Gasteiger partial charge in [-0.05, 0) is 53.7 Å². The summed E-state index contributed by atoms with van der Waals surface area (Å²) < 4.78 is 8.70. The fraction of sp³-hybridized carbons (Fsp3) is 0.304. The number of ether oxygens (including phenoxy) is 1. The predicted octanol–water partition coefficient (Wildman–Crippen LogP) is 4.50. The van der Waals surface area contributed by atoms with Crippen LogP contribution in [0.15, 0.2) is 47.5 Å². The molecule has 6 rings (SSSR count). The number of halogens is 1. The van der Waals surface area contributed by atoms with Crippen LogP contribution in [-0.4, -0.2) is 31.2 Å². The summed E-state index contributed by atoms with van der Waals surface area (Å²) in [4.78, 5) is 25.1. The van der Waals surface area contributed by atoms with Crippen LogP contribution in [0.2, 0.25) is 0 Å². The summed E-state index contributed by atoms with van der Waals surface area (Å²) in [5.74, 6) is 0.421. The minimum absolute atomic E-state index is 0.240. The number of nitrogen functional groups attached to an aromatic ring is 1. The maximum Gasteiger partial charge on any atom is 0.405 e. The molecule has 2 aliphatic carbocycles. The van der Waals surface area contributed by atoms with Crippen LogP contribution >= 0.6 is 15.9 Å². The maximum atomic E-state index is 11.5. The molecule has 8 nitrogen and oxygen atoms in total. The molecule has 0 unspecified atom stereocenters. The summed E-state index contributed by atoms with van der Waals surface area (Å²) in [7, 11) is 0. The molecule has 3 aromatic heterocycles. The minimum Gasteiger partial charge on any atom is -0.443 e. The molecule has 3 heterocycles. The summed E-state index contributed by atoms with van der Waals surface area (Å²) in [6.07, 6.45) is 6.62. The molecule has 4 N–H and O–H groups in total. The first-order valence-electron chi connectivity index (χ1n) is 10.6. The van der Waals surface area contributed by atoms with E-state index in [0.717, 1.165) is 63.3 Å². The van der Waals surface area contributed by atoms with Crippen molar-refractivity contribution in [1.82, 2.24) is 19.5 Å². The van der Waals surface area contributed by atoms with Crippen molar-refractivity contribution < 1.29 is 9.53 Å². The summed E-state index contributed by atoms with van der Waals surface area (Å²) in [6.45, 7) is 0. The Bertz CT molecular complexity index is 1410. The smallest absolute Gasteiger partial charge is 0.405 e. The van der Waals surface area contributed by atoms with Gasteiger partial charge in [-0.1, -0.05) is 18.2 Å². The monoisotopic (exact) mass is 492 g/mol.